The molecule has 0 bridgehead atoms. The molecule has 1 atom stereocenters. The summed E-state index contributed by atoms with van der Waals surface area (Å²) in [6, 6.07) is 14.7. The van der Waals surface area contributed by atoms with Crippen molar-refractivity contribution in [2.75, 3.05) is 19.5 Å². The Kier molecular flexibility index (Phi) is 5.71. The number of rotatable bonds is 5. The van der Waals surface area contributed by atoms with E-state index in [4.69, 9.17) is 14.5 Å². The Balaban J connectivity index is 1.81. The number of hydrazone groups is 1. The van der Waals surface area contributed by atoms with E-state index in [1.54, 1.807) is 18.0 Å². The lowest BCUT2D eigenvalue weighted by atomic mass is 10.1. The summed E-state index contributed by atoms with van der Waals surface area (Å²) < 4.78 is 10.7. The molecule has 154 valence electrons. The van der Waals surface area contributed by atoms with Gasteiger partial charge in [0.15, 0.2) is 17.9 Å². The zero-order valence-electron chi connectivity index (χ0n) is 16.5. The molecule has 2 aromatic rings. The number of carbonyl (C=O) groups excluding carboxylic acids is 2. The van der Waals surface area contributed by atoms with E-state index in [1.807, 2.05) is 48.7 Å². The summed E-state index contributed by atoms with van der Waals surface area (Å²) in [6.45, 7) is 1.81. The lowest BCUT2D eigenvalue weighted by Gasteiger charge is -2.34. The molecule has 4 rings (SSSR count). The van der Waals surface area contributed by atoms with E-state index >= 15 is 0 Å². The fourth-order valence-electron chi connectivity index (χ4n) is 3.29. The average Bonchev–Trinajstić information content (AvgIpc) is 2.77. The average molecular weight is 424 g/mol. The highest BCUT2D eigenvalue weighted by Gasteiger charge is 2.35. The van der Waals surface area contributed by atoms with Crippen molar-refractivity contribution < 1.29 is 19.1 Å². The fourth-order valence-corrected chi connectivity index (χ4v) is 3.65. The summed E-state index contributed by atoms with van der Waals surface area (Å²) >= 11 is 1.34. The van der Waals surface area contributed by atoms with Crippen molar-refractivity contribution in [2.45, 2.75) is 13.1 Å². The first-order valence-electron chi connectivity index (χ1n) is 9.40. The predicted molar refractivity (Wildman–Crippen MR) is 113 cm³/mol. The maximum absolute atomic E-state index is 12.9. The number of amides is 1. The van der Waals surface area contributed by atoms with Crippen LogP contribution in [0.25, 0.3) is 5.70 Å². The van der Waals surface area contributed by atoms with Crippen LogP contribution in [-0.2, 0) is 14.3 Å². The second-order valence-corrected chi connectivity index (χ2v) is 7.20. The van der Waals surface area contributed by atoms with Crippen LogP contribution >= 0.6 is 11.8 Å². The smallest absolute Gasteiger partial charge is 0.344 e. The number of amidine groups is 1. The summed E-state index contributed by atoms with van der Waals surface area (Å²) in [6.07, 6.45) is 1.21. The van der Waals surface area contributed by atoms with Crippen molar-refractivity contribution in [3.63, 3.8) is 0 Å². The number of esters is 1. The van der Waals surface area contributed by atoms with Gasteiger partial charge >= 0.3 is 5.97 Å². The first-order valence-corrected chi connectivity index (χ1v) is 10.6. The molecule has 2 heterocycles. The van der Waals surface area contributed by atoms with Crippen molar-refractivity contribution >= 4 is 34.5 Å². The molecule has 30 heavy (non-hydrogen) atoms. The molecule has 0 radical (unpaired) electrons. The van der Waals surface area contributed by atoms with Crippen molar-refractivity contribution in [3.05, 3.63) is 64.7 Å². The molecule has 1 N–H and O–H groups in total. The molecule has 2 aromatic carbocycles. The largest absolute Gasteiger partial charge is 0.481 e. The molecule has 0 saturated carbocycles. The summed E-state index contributed by atoms with van der Waals surface area (Å²) in [5.74, 6) is -0.220. The van der Waals surface area contributed by atoms with Crippen molar-refractivity contribution in [1.82, 2.24) is 10.3 Å². The zero-order chi connectivity index (χ0) is 21.1. The number of nitrogens with zero attached hydrogens (tertiary/aromatic N) is 3. The molecule has 0 aliphatic carbocycles. The molecule has 0 saturated heterocycles. The molecule has 9 heteroatoms. The molecule has 1 amide bonds. The quantitative estimate of drug-likeness (QED) is 0.724. The minimum Gasteiger partial charge on any atom is -0.481 e. The molecule has 0 aromatic heterocycles. The molecule has 8 nitrogen and oxygen atoms in total. The minimum absolute atomic E-state index is 0.218. The number of carbonyl (C=O) groups is 2. The molecule has 2 aliphatic rings. The van der Waals surface area contributed by atoms with Crippen LogP contribution in [-0.4, -0.2) is 41.5 Å². The van der Waals surface area contributed by atoms with Gasteiger partial charge in [0.05, 0.1) is 12.0 Å². The first kappa shape index (κ1) is 20.0. The second kappa shape index (κ2) is 8.58. The zero-order valence-corrected chi connectivity index (χ0v) is 17.3. The molecule has 0 fully saturated rings. The topological polar surface area (TPSA) is 92.6 Å². The Bertz CT molecular complexity index is 1150. The van der Waals surface area contributed by atoms with Gasteiger partial charge in [-0.05, 0) is 25.3 Å². The van der Waals surface area contributed by atoms with Gasteiger partial charge in [-0.3, -0.25) is 15.1 Å². The van der Waals surface area contributed by atoms with Crippen molar-refractivity contribution in [3.8, 4) is 5.75 Å². The fraction of sp³-hybridized carbons (Fsp3) is 0.238. The van der Waals surface area contributed by atoms with Gasteiger partial charge in [0.1, 0.15) is 11.4 Å². The standard InChI is InChI=1S/C21H20N4O4S/c1-3-28-17(26)12-29-16-11-7-5-9-14(16)19-22-15-10-6-4-8-13(15)18-20(27)23-21(30-2)24-25(18)19/h4-11,19H,3,12H2,1-2H3,(H,23,24,27). The van der Waals surface area contributed by atoms with E-state index < -0.39 is 12.1 Å². The highest BCUT2D eigenvalue weighted by Crippen LogP contribution is 2.35. The number of hydrogen-bond donors (Lipinski definition) is 1. The number of ether oxygens (including phenoxy) is 2. The van der Waals surface area contributed by atoms with E-state index in [0.717, 1.165) is 0 Å². The lowest BCUT2D eigenvalue weighted by molar-refractivity contribution is -0.145. The summed E-state index contributed by atoms with van der Waals surface area (Å²) in [7, 11) is 0. The SMILES string of the molecule is CCOC(=O)COc1ccccc1C1N=c2ccccc2=C2C(=O)NC(SC)=NN21. The van der Waals surface area contributed by atoms with Crippen LogP contribution < -0.4 is 20.6 Å². The normalized spacial score (nSPS) is 17.2. The number of nitrogens with one attached hydrogen (secondary N) is 1. The second-order valence-electron chi connectivity index (χ2n) is 6.41. The van der Waals surface area contributed by atoms with Gasteiger partial charge in [-0.15, -0.1) is 5.10 Å². The van der Waals surface area contributed by atoms with Gasteiger partial charge in [-0.25, -0.2) is 9.80 Å². The van der Waals surface area contributed by atoms with Crippen molar-refractivity contribution in [2.24, 2.45) is 10.1 Å². The van der Waals surface area contributed by atoms with E-state index in [-0.39, 0.29) is 19.1 Å². The molecular formula is C21H20N4O4S. The van der Waals surface area contributed by atoms with Crippen LogP contribution in [0.5, 0.6) is 5.75 Å². The third kappa shape index (κ3) is 3.76. The van der Waals surface area contributed by atoms with E-state index in [9.17, 15) is 9.59 Å². The van der Waals surface area contributed by atoms with Crippen LogP contribution in [0.15, 0.2) is 58.6 Å². The van der Waals surface area contributed by atoms with Gasteiger partial charge in [-0.2, -0.15) is 0 Å². The lowest BCUT2D eigenvalue weighted by Crippen LogP contribution is -2.50. The van der Waals surface area contributed by atoms with Gasteiger partial charge in [-0.1, -0.05) is 48.2 Å². The Morgan fingerprint density at radius 2 is 1.97 bits per heavy atom. The Labute approximate surface area is 177 Å². The van der Waals surface area contributed by atoms with Gasteiger partial charge < -0.3 is 9.47 Å². The molecule has 1 unspecified atom stereocenters. The van der Waals surface area contributed by atoms with Crippen LogP contribution in [0.3, 0.4) is 0 Å². The maximum atomic E-state index is 12.9. The van der Waals surface area contributed by atoms with Crippen molar-refractivity contribution in [1.29, 1.82) is 0 Å². The number of thioether (sulfide) groups is 1. The summed E-state index contributed by atoms with van der Waals surface area (Å²) in [5, 5.41) is 10.9. The minimum atomic E-state index is -0.624. The Morgan fingerprint density at radius 3 is 2.77 bits per heavy atom. The molecular weight excluding hydrogens is 404 g/mol. The van der Waals surface area contributed by atoms with Gasteiger partial charge in [0.25, 0.3) is 5.91 Å². The Morgan fingerprint density at radius 1 is 1.20 bits per heavy atom. The van der Waals surface area contributed by atoms with Gasteiger partial charge in [0, 0.05) is 10.8 Å². The van der Waals surface area contributed by atoms with Crippen LogP contribution in [0.2, 0.25) is 0 Å². The summed E-state index contributed by atoms with van der Waals surface area (Å²) in [5.41, 5.74) is 1.11. The molecule has 2 aliphatic heterocycles. The maximum Gasteiger partial charge on any atom is 0.344 e. The Hall–Kier alpha value is -3.33. The van der Waals surface area contributed by atoms with Gasteiger partial charge in [0.2, 0.25) is 0 Å². The third-order valence-corrected chi connectivity index (χ3v) is 5.13. The third-order valence-electron chi connectivity index (χ3n) is 4.56. The molecule has 0 spiro atoms. The monoisotopic (exact) mass is 424 g/mol. The first-order chi connectivity index (χ1) is 14.6. The number of hydrogen-bond acceptors (Lipinski definition) is 8. The van der Waals surface area contributed by atoms with Crippen LogP contribution in [0, 0.1) is 0 Å². The highest BCUT2D eigenvalue weighted by atomic mass is 32.2. The van der Waals surface area contributed by atoms with E-state index in [2.05, 4.69) is 10.4 Å². The predicted octanol–water partition coefficient (Wildman–Crippen LogP) is 1.13. The van der Waals surface area contributed by atoms with E-state index in [1.165, 1.54) is 11.8 Å². The number of fused-ring (bicyclic) bond motifs is 2. The number of para-hydroxylation sites is 2. The highest BCUT2D eigenvalue weighted by molar-refractivity contribution is 8.13. The van der Waals surface area contributed by atoms with E-state index in [0.29, 0.717) is 32.8 Å². The van der Waals surface area contributed by atoms with Crippen LogP contribution in [0.4, 0.5) is 0 Å². The summed E-state index contributed by atoms with van der Waals surface area (Å²) in [4.78, 5) is 29.5. The van der Waals surface area contributed by atoms with Crippen LogP contribution in [0.1, 0.15) is 18.7 Å². The number of benzene rings is 2.